The molecule has 0 aliphatic heterocycles. The summed E-state index contributed by atoms with van der Waals surface area (Å²) in [5, 5.41) is 13.2. The second kappa shape index (κ2) is 6.61. The van der Waals surface area contributed by atoms with Gasteiger partial charge in [-0.3, -0.25) is 0 Å². The summed E-state index contributed by atoms with van der Waals surface area (Å²) >= 11 is 1.51. The molecule has 0 unspecified atom stereocenters. The predicted octanol–water partition coefficient (Wildman–Crippen LogP) is 1.84. The van der Waals surface area contributed by atoms with E-state index in [1.807, 2.05) is 24.3 Å². The van der Waals surface area contributed by atoms with Gasteiger partial charge in [-0.15, -0.1) is 11.3 Å². The quantitative estimate of drug-likeness (QED) is 0.518. The van der Waals surface area contributed by atoms with Gasteiger partial charge >= 0.3 is 5.56 Å². The lowest BCUT2D eigenvalue weighted by Crippen LogP contribution is -2.42. The van der Waals surface area contributed by atoms with Gasteiger partial charge < -0.3 is 9.84 Å². The first-order chi connectivity index (χ1) is 12.7. The second-order valence-electron chi connectivity index (χ2n) is 5.70. The van der Waals surface area contributed by atoms with Crippen LogP contribution in [0.2, 0.25) is 0 Å². The van der Waals surface area contributed by atoms with Crippen molar-refractivity contribution >= 4 is 17.0 Å². The average Bonchev–Trinajstić information content (AvgIpc) is 3.14. The van der Waals surface area contributed by atoms with Crippen molar-refractivity contribution in [3.8, 4) is 22.2 Å². The average molecular weight is 365 g/mol. The van der Waals surface area contributed by atoms with Crippen LogP contribution in [-0.4, -0.2) is 16.5 Å². The van der Waals surface area contributed by atoms with Crippen molar-refractivity contribution in [2.45, 2.75) is 6.54 Å². The fourth-order valence-electron chi connectivity index (χ4n) is 2.79. The van der Waals surface area contributed by atoms with Gasteiger partial charge in [-0.2, -0.15) is 4.40 Å². The lowest BCUT2D eigenvalue weighted by atomic mass is 10.2. The molecular weight excluding hydrogens is 350 g/mol. The van der Waals surface area contributed by atoms with E-state index in [0.717, 1.165) is 27.3 Å². The molecule has 4 aromatic rings. The highest BCUT2D eigenvalue weighted by Gasteiger charge is 2.14. The van der Waals surface area contributed by atoms with Crippen molar-refractivity contribution in [1.82, 2.24) is 9.38 Å². The number of methoxy groups -OCH3 is 1. The van der Waals surface area contributed by atoms with E-state index in [4.69, 9.17) is 4.74 Å². The number of nitrogens with zero attached hydrogens (tertiary/aromatic N) is 3. The lowest BCUT2D eigenvalue weighted by molar-refractivity contribution is -0.708. The third-order valence-corrected chi connectivity index (χ3v) is 5.08. The van der Waals surface area contributed by atoms with Crippen molar-refractivity contribution in [3.05, 3.63) is 76.2 Å². The van der Waals surface area contributed by atoms with Crippen LogP contribution in [0.5, 0.6) is 11.6 Å². The first kappa shape index (κ1) is 16.3. The largest absolute Gasteiger partial charge is 0.842 e. The number of thiazole rings is 1. The lowest BCUT2D eigenvalue weighted by Gasteiger charge is -2.11. The van der Waals surface area contributed by atoms with Crippen LogP contribution >= 0.6 is 11.3 Å². The Morgan fingerprint density at radius 3 is 2.96 bits per heavy atom. The van der Waals surface area contributed by atoms with E-state index in [1.54, 1.807) is 42.3 Å². The number of benzene rings is 1. The van der Waals surface area contributed by atoms with Crippen LogP contribution in [0.4, 0.5) is 0 Å². The number of hydrogen-bond donors (Lipinski definition) is 0. The van der Waals surface area contributed by atoms with Gasteiger partial charge in [0.15, 0.2) is 0 Å². The molecule has 1 aromatic carbocycles. The Morgan fingerprint density at radius 2 is 2.12 bits per heavy atom. The molecule has 130 valence electrons. The van der Waals surface area contributed by atoms with Crippen molar-refractivity contribution in [1.29, 1.82) is 0 Å². The Morgan fingerprint density at radius 1 is 1.23 bits per heavy atom. The van der Waals surface area contributed by atoms with Crippen LogP contribution in [0.25, 0.3) is 16.2 Å². The predicted molar refractivity (Wildman–Crippen MR) is 96.5 cm³/mol. The summed E-state index contributed by atoms with van der Waals surface area (Å²) in [7, 11) is 1.63. The van der Waals surface area contributed by atoms with Gasteiger partial charge in [0.25, 0.3) is 5.65 Å². The maximum Gasteiger partial charge on any atom is 0.341 e. The van der Waals surface area contributed by atoms with Gasteiger partial charge in [-0.25, -0.2) is 14.3 Å². The molecule has 0 saturated carbocycles. The first-order valence-electron chi connectivity index (χ1n) is 7.96. The molecule has 0 radical (unpaired) electrons. The molecule has 0 bridgehead atoms. The topological polar surface area (TPSA) is 70.5 Å². The first-order valence-corrected chi connectivity index (χ1v) is 8.78. The molecule has 3 heterocycles. The highest BCUT2D eigenvalue weighted by Crippen LogP contribution is 2.28. The van der Waals surface area contributed by atoms with E-state index >= 15 is 0 Å². The molecule has 0 fully saturated rings. The number of ether oxygens (including phenoxy) is 1. The summed E-state index contributed by atoms with van der Waals surface area (Å²) in [6.07, 6.45) is 3.42. The summed E-state index contributed by atoms with van der Waals surface area (Å²) in [6.45, 7) is 0.355. The summed E-state index contributed by atoms with van der Waals surface area (Å²) < 4.78 is 8.29. The molecule has 0 amide bonds. The molecule has 6 nitrogen and oxygen atoms in total. The van der Waals surface area contributed by atoms with Crippen molar-refractivity contribution in [2.24, 2.45) is 0 Å². The molecule has 0 aliphatic rings. The van der Waals surface area contributed by atoms with Crippen LogP contribution < -0.4 is 20.0 Å². The van der Waals surface area contributed by atoms with Crippen LogP contribution in [0.1, 0.15) is 4.88 Å². The van der Waals surface area contributed by atoms with Crippen molar-refractivity contribution in [3.63, 3.8) is 0 Å². The summed E-state index contributed by atoms with van der Waals surface area (Å²) in [5.74, 6) is 0.446. The maximum atomic E-state index is 12.3. The number of pyridine rings is 1. The molecule has 4 rings (SSSR count). The summed E-state index contributed by atoms with van der Waals surface area (Å²) in [4.78, 5) is 17.4. The van der Waals surface area contributed by atoms with Gasteiger partial charge in [-0.1, -0.05) is 18.2 Å². The van der Waals surface area contributed by atoms with Gasteiger partial charge in [-0.05, 0) is 18.2 Å². The minimum absolute atomic E-state index is 0.322. The monoisotopic (exact) mass is 365 g/mol. The highest BCUT2D eigenvalue weighted by molar-refractivity contribution is 7.15. The van der Waals surface area contributed by atoms with Crippen molar-refractivity contribution < 1.29 is 14.4 Å². The summed E-state index contributed by atoms with van der Waals surface area (Å²) in [5.41, 5.74) is 1.19. The third kappa shape index (κ3) is 2.93. The zero-order valence-electron chi connectivity index (χ0n) is 14.0. The Bertz CT molecular complexity index is 1150. The molecule has 0 saturated heterocycles. The molecule has 7 heteroatoms. The minimum Gasteiger partial charge on any atom is -0.842 e. The Kier molecular flexibility index (Phi) is 4.14. The maximum absolute atomic E-state index is 12.3. The molecule has 0 spiro atoms. The smallest absolute Gasteiger partial charge is 0.341 e. The fourth-order valence-corrected chi connectivity index (χ4v) is 3.69. The molecular formula is C19H15N3O3S. The normalized spacial score (nSPS) is 11.0. The van der Waals surface area contributed by atoms with Crippen LogP contribution in [-0.2, 0) is 6.54 Å². The van der Waals surface area contributed by atoms with E-state index < -0.39 is 0 Å². The van der Waals surface area contributed by atoms with E-state index in [1.165, 1.54) is 15.7 Å². The highest BCUT2D eigenvalue weighted by atomic mass is 32.1. The van der Waals surface area contributed by atoms with E-state index in [2.05, 4.69) is 4.98 Å². The molecule has 0 atom stereocenters. The number of rotatable bonds is 4. The number of hydrogen-bond acceptors (Lipinski definition) is 5. The zero-order chi connectivity index (χ0) is 18.1. The van der Waals surface area contributed by atoms with Gasteiger partial charge in [0.05, 0.1) is 30.1 Å². The molecule has 26 heavy (non-hydrogen) atoms. The molecule has 0 aliphatic carbocycles. The Balaban J connectivity index is 1.72. The van der Waals surface area contributed by atoms with E-state index in [9.17, 15) is 9.90 Å². The molecule has 3 aromatic heterocycles. The zero-order valence-corrected chi connectivity index (χ0v) is 14.8. The third-order valence-electron chi connectivity index (χ3n) is 4.05. The minimum atomic E-state index is -0.330. The Labute approximate surface area is 153 Å². The molecule has 0 N–H and O–H groups in total. The number of aromatic nitrogens is 3. The number of fused-ring (bicyclic) bond motifs is 1. The summed E-state index contributed by atoms with van der Waals surface area (Å²) in [6, 6.07) is 14.1. The van der Waals surface area contributed by atoms with Gasteiger partial charge in [0.1, 0.15) is 17.3 Å². The van der Waals surface area contributed by atoms with Crippen LogP contribution in [0.3, 0.4) is 0 Å². The Hall–Kier alpha value is -3.19. The second-order valence-corrected chi connectivity index (χ2v) is 6.81. The fraction of sp³-hybridized carbons (Fsp3) is 0.105. The standard InChI is InChI=1S/C19H15N3O3S/c1-25-14-6-4-5-13(9-14)19-20-11-15(26-19)12-22-16-7-2-3-8-21(16)17(23)10-18(22)24/h2-11H,12H2,1H3. The van der Waals surface area contributed by atoms with Crippen molar-refractivity contribution in [2.75, 3.05) is 7.11 Å². The van der Waals surface area contributed by atoms with Gasteiger partial charge in [0, 0.05) is 17.8 Å². The van der Waals surface area contributed by atoms with Gasteiger partial charge in [0.2, 0.25) is 0 Å². The van der Waals surface area contributed by atoms with Crippen LogP contribution in [0, 0.1) is 0 Å². The van der Waals surface area contributed by atoms with E-state index in [-0.39, 0.29) is 11.4 Å². The SMILES string of the molecule is COc1cccc(-c2ncc(C[n+]3c([O-])cc(=O)n4ccccc43)s2)c1. The van der Waals surface area contributed by atoms with E-state index in [0.29, 0.717) is 12.2 Å². The van der Waals surface area contributed by atoms with Crippen LogP contribution in [0.15, 0.2) is 65.7 Å².